The van der Waals surface area contributed by atoms with Gasteiger partial charge in [-0.15, -0.1) is 0 Å². The Morgan fingerprint density at radius 3 is 2.76 bits per heavy atom. The highest BCUT2D eigenvalue weighted by molar-refractivity contribution is 5.74. The molecule has 2 aromatic rings. The zero-order chi connectivity index (χ0) is 17.5. The molecular weight excluding hydrogens is 316 g/mol. The SMILES string of the molecule is O=C(N[C@H]1CCN(c2ccccn2)C1)N(CCO)Cc1ccccc1. The number of anilines is 1. The molecule has 0 aliphatic carbocycles. The van der Waals surface area contributed by atoms with E-state index in [1.807, 2.05) is 48.5 Å². The molecule has 1 aromatic heterocycles. The molecule has 132 valence electrons. The summed E-state index contributed by atoms with van der Waals surface area (Å²) in [6.45, 7) is 2.38. The maximum atomic E-state index is 12.6. The minimum Gasteiger partial charge on any atom is -0.395 e. The molecule has 1 fully saturated rings. The number of benzene rings is 1. The van der Waals surface area contributed by atoms with Crippen LogP contribution >= 0.6 is 0 Å². The lowest BCUT2D eigenvalue weighted by Gasteiger charge is -2.25. The molecule has 0 saturated carbocycles. The van der Waals surface area contributed by atoms with Gasteiger partial charge in [0.15, 0.2) is 0 Å². The van der Waals surface area contributed by atoms with Crippen molar-refractivity contribution in [3.8, 4) is 0 Å². The Morgan fingerprint density at radius 2 is 2.04 bits per heavy atom. The Bertz CT molecular complexity index is 666. The van der Waals surface area contributed by atoms with E-state index in [4.69, 9.17) is 0 Å². The average Bonchev–Trinajstić information content (AvgIpc) is 3.11. The fourth-order valence-corrected chi connectivity index (χ4v) is 3.07. The van der Waals surface area contributed by atoms with Gasteiger partial charge in [-0.1, -0.05) is 36.4 Å². The molecule has 1 aliphatic heterocycles. The number of urea groups is 1. The van der Waals surface area contributed by atoms with Crippen LogP contribution in [0.3, 0.4) is 0 Å². The van der Waals surface area contributed by atoms with E-state index in [-0.39, 0.29) is 18.7 Å². The maximum Gasteiger partial charge on any atom is 0.318 e. The maximum absolute atomic E-state index is 12.6. The molecule has 3 rings (SSSR count). The first-order chi connectivity index (χ1) is 12.3. The molecule has 2 heterocycles. The minimum absolute atomic E-state index is 0.0506. The first kappa shape index (κ1) is 17.2. The Hall–Kier alpha value is -2.60. The van der Waals surface area contributed by atoms with Crippen molar-refractivity contribution in [2.75, 3.05) is 31.1 Å². The van der Waals surface area contributed by atoms with Crippen LogP contribution in [0.4, 0.5) is 10.6 Å². The number of nitrogens with one attached hydrogen (secondary N) is 1. The van der Waals surface area contributed by atoms with Crippen LogP contribution in [0, 0.1) is 0 Å². The third-order valence-corrected chi connectivity index (χ3v) is 4.36. The minimum atomic E-state index is -0.134. The summed E-state index contributed by atoms with van der Waals surface area (Å²) < 4.78 is 0. The monoisotopic (exact) mass is 340 g/mol. The summed E-state index contributed by atoms with van der Waals surface area (Å²) in [5, 5.41) is 12.4. The quantitative estimate of drug-likeness (QED) is 0.842. The van der Waals surface area contributed by atoms with E-state index in [9.17, 15) is 9.90 Å². The summed E-state index contributed by atoms with van der Waals surface area (Å²) in [6, 6.07) is 15.6. The lowest BCUT2D eigenvalue weighted by molar-refractivity contribution is 0.171. The topological polar surface area (TPSA) is 68.7 Å². The van der Waals surface area contributed by atoms with E-state index in [1.54, 1.807) is 11.1 Å². The number of nitrogens with zero attached hydrogens (tertiary/aromatic N) is 3. The van der Waals surface area contributed by atoms with E-state index >= 15 is 0 Å². The van der Waals surface area contributed by atoms with Crippen molar-refractivity contribution in [3.05, 3.63) is 60.3 Å². The third-order valence-electron chi connectivity index (χ3n) is 4.36. The highest BCUT2D eigenvalue weighted by atomic mass is 16.3. The van der Waals surface area contributed by atoms with E-state index in [0.29, 0.717) is 13.1 Å². The van der Waals surface area contributed by atoms with E-state index in [1.165, 1.54) is 0 Å². The van der Waals surface area contributed by atoms with Crippen LogP contribution in [0.2, 0.25) is 0 Å². The van der Waals surface area contributed by atoms with E-state index in [0.717, 1.165) is 30.9 Å². The van der Waals surface area contributed by atoms with Crippen LogP contribution in [0.1, 0.15) is 12.0 Å². The van der Waals surface area contributed by atoms with E-state index < -0.39 is 0 Å². The van der Waals surface area contributed by atoms with Gasteiger partial charge in [-0.05, 0) is 24.1 Å². The molecule has 6 nitrogen and oxygen atoms in total. The van der Waals surface area contributed by atoms with Crippen LogP contribution in [-0.4, -0.2) is 53.3 Å². The predicted molar refractivity (Wildman–Crippen MR) is 97.3 cm³/mol. The third kappa shape index (κ3) is 4.70. The lowest BCUT2D eigenvalue weighted by Crippen LogP contribution is -2.46. The number of amides is 2. The molecule has 0 spiro atoms. The van der Waals surface area contributed by atoms with Gasteiger partial charge in [0.1, 0.15) is 5.82 Å². The first-order valence-corrected chi connectivity index (χ1v) is 8.62. The van der Waals surface area contributed by atoms with Gasteiger partial charge in [0.05, 0.1) is 6.61 Å². The Labute approximate surface area is 148 Å². The number of carbonyl (C=O) groups is 1. The van der Waals surface area contributed by atoms with Crippen LogP contribution in [0.15, 0.2) is 54.7 Å². The Morgan fingerprint density at radius 1 is 1.24 bits per heavy atom. The van der Waals surface area contributed by atoms with Crippen LogP contribution in [-0.2, 0) is 6.54 Å². The summed E-state index contributed by atoms with van der Waals surface area (Å²) in [5.41, 5.74) is 1.05. The van der Waals surface area contributed by atoms with Crippen LogP contribution < -0.4 is 10.2 Å². The lowest BCUT2D eigenvalue weighted by atomic mass is 10.2. The van der Waals surface area contributed by atoms with Gasteiger partial charge in [-0.3, -0.25) is 0 Å². The van der Waals surface area contributed by atoms with Gasteiger partial charge in [-0.2, -0.15) is 0 Å². The Balaban J connectivity index is 1.56. The summed E-state index contributed by atoms with van der Waals surface area (Å²) in [7, 11) is 0. The van der Waals surface area contributed by atoms with Crippen LogP contribution in [0.5, 0.6) is 0 Å². The largest absolute Gasteiger partial charge is 0.395 e. The number of pyridine rings is 1. The second-order valence-corrected chi connectivity index (χ2v) is 6.20. The van der Waals surface area contributed by atoms with Crippen molar-refractivity contribution in [2.45, 2.75) is 19.0 Å². The molecule has 1 saturated heterocycles. The zero-order valence-electron chi connectivity index (χ0n) is 14.2. The average molecular weight is 340 g/mol. The van der Waals surface area contributed by atoms with Crippen LogP contribution in [0.25, 0.3) is 0 Å². The second-order valence-electron chi connectivity index (χ2n) is 6.20. The highest BCUT2D eigenvalue weighted by Gasteiger charge is 2.26. The second kappa shape index (κ2) is 8.48. The number of carbonyl (C=O) groups excluding carboxylic acids is 1. The number of aliphatic hydroxyl groups excluding tert-OH is 1. The zero-order valence-corrected chi connectivity index (χ0v) is 14.2. The number of rotatable bonds is 6. The van der Waals surface area contributed by atoms with Gasteiger partial charge in [0, 0.05) is 38.4 Å². The van der Waals surface area contributed by atoms with Crippen molar-refractivity contribution in [1.29, 1.82) is 0 Å². The molecule has 1 aromatic carbocycles. The molecule has 2 amide bonds. The molecule has 2 N–H and O–H groups in total. The van der Waals surface area contributed by atoms with Gasteiger partial charge in [0.25, 0.3) is 0 Å². The summed E-state index contributed by atoms with van der Waals surface area (Å²) >= 11 is 0. The predicted octanol–water partition coefficient (Wildman–Crippen LogP) is 1.86. The van der Waals surface area contributed by atoms with Crippen molar-refractivity contribution in [1.82, 2.24) is 15.2 Å². The molecule has 0 unspecified atom stereocenters. The molecule has 0 bridgehead atoms. The molecule has 0 radical (unpaired) electrons. The Kier molecular flexibility index (Phi) is 5.85. The number of aliphatic hydroxyl groups is 1. The van der Waals surface area contributed by atoms with Gasteiger partial charge in [0.2, 0.25) is 0 Å². The molecule has 1 atom stereocenters. The molecular formula is C19H24N4O2. The number of hydrogen-bond donors (Lipinski definition) is 2. The fourth-order valence-electron chi connectivity index (χ4n) is 3.07. The summed E-state index contributed by atoms with van der Waals surface area (Å²) in [5.74, 6) is 0.941. The van der Waals surface area contributed by atoms with Gasteiger partial charge < -0.3 is 20.2 Å². The van der Waals surface area contributed by atoms with E-state index in [2.05, 4.69) is 15.2 Å². The number of hydrogen-bond acceptors (Lipinski definition) is 4. The van der Waals surface area contributed by atoms with Gasteiger partial charge >= 0.3 is 6.03 Å². The molecule has 25 heavy (non-hydrogen) atoms. The summed E-state index contributed by atoms with van der Waals surface area (Å²) in [6.07, 6.45) is 2.67. The number of aromatic nitrogens is 1. The van der Waals surface area contributed by atoms with Gasteiger partial charge in [-0.25, -0.2) is 9.78 Å². The van der Waals surface area contributed by atoms with Crippen molar-refractivity contribution < 1.29 is 9.90 Å². The molecule has 1 aliphatic rings. The van der Waals surface area contributed by atoms with Crippen molar-refractivity contribution >= 4 is 11.8 Å². The fraction of sp³-hybridized carbons (Fsp3) is 0.368. The first-order valence-electron chi connectivity index (χ1n) is 8.62. The molecule has 6 heteroatoms. The van der Waals surface area contributed by atoms with Crippen molar-refractivity contribution in [3.63, 3.8) is 0 Å². The highest BCUT2D eigenvalue weighted by Crippen LogP contribution is 2.17. The standard InChI is InChI=1S/C19H24N4O2/c24-13-12-23(14-16-6-2-1-3-7-16)19(25)21-17-9-11-22(15-17)18-8-4-5-10-20-18/h1-8,10,17,24H,9,11-15H2,(H,21,25)/t17-/m0/s1. The smallest absolute Gasteiger partial charge is 0.318 e. The normalized spacial score (nSPS) is 16.7. The summed E-state index contributed by atoms with van der Waals surface area (Å²) in [4.78, 5) is 20.8. The van der Waals surface area contributed by atoms with Crippen molar-refractivity contribution in [2.24, 2.45) is 0 Å².